The van der Waals surface area contributed by atoms with Crippen molar-refractivity contribution in [2.24, 2.45) is 0 Å². The fourth-order valence-electron chi connectivity index (χ4n) is 2.48. The van der Waals surface area contributed by atoms with E-state index in [2.05, 4.69) is 5.32 Å². The molecule has 4 nitrogen and oxygen atoms in total. The van der Waals surface area contributed by atoms with E-state index in [0.717, 1.165) is 31.4 Å². The van der Waals surface area contributed by atoms with Gasteiger partial charge in [0.1, 0.15) is 5.75 Å². The van der Waals surface area contributed by atoms with Crippen molar-refractivity contribution in [1.82, 2.24) is 5.32 Å². The summed E-state index contributed by atoms with van der Waals surface area (Å²) in [6, 6.07) is 6.95. The van der Waals surface area contributed by atoms with E-state index in [4.69, 9.17) is 4.74 Å². The van der Waals surface area contributed by atoms with Crippen molar-refractivity contribution in [2.45, 2.75) is 37.7 Å². The van der Waals surface area contributed by atoms with Crippen molar-refractivity contribution in [2.75, 3.05) is 13.7 Å². The van der Waals surface area contributed by atoms with E-state index >= 15 is 0 Å². The molecule has 0 unspecified atom stereocenters. The third-order valence-electron chi connectivity index (χ3n) is 3.71. The van der Waals surface area contributed by atoms with E-state index < -0.39 is 5.60 Å². The molecule has 1 aromatic rings. The van der Waals surface area contributed by atoms with Crippen LogP contribution in [-0.2, 0) is 0 Å². The van der Waals surface area contributed by atoms with Crippen LogP contribution in [0.25, 0.3) is 0 Å². The lowest BCUT2D eigenvalue weighted by Gasteiger charge is -2.32. The minimum Gasteiger partial charge on any atom is -0.497 e. The van der Waals surface area contributed by atoms with Gasteiger partial charge in [0.2, 0.25) is 0 Å². The molecule has 0 heterocycles. The topological polar surface area (TPSA) is 58.6 Å². The van der Waals surface area contributed by atoms with Crippen LogP contribution in [0, 0.1) is 0 Å². The maximum atomic E-state index is 12.0. The Hall–Kier alpha value is -1.55. The molecular weight excluding hydrogens is 242 g/mol. The van der Waals surface area contributed by atoms with Crippen LogP contribution in [0.3, 0.4) is 0 Å². The molecule has 0 atom stereocenters. The normalized spacial score (nSPS) is 17.8. The van der Waals surface area contributed by atoms with E-state index in [-0.39, 0.29) is 5.91 Å². The first-order valence-electron chi connectivity index (χ1n) is 6.78. The van der Waals surface area contributed by atoms with Crippen LogP contribution in [0.1, 0.15) is 42.5 Å². The van der Waals surface area contributed by atoms with Crippen LogP contribution in [0.2, 0.25) is 0 Å². The number of carbonyl (C=O) groups is 1. The zero-order valence-corrected chi connectivity index (χ0v) is 11.3. The first-order valence-corrected chi connectivity index (χ1v) is 6.78. The number of rotatable bonds is 4. The maximum absolute atomic E-state index is 12.0. The number of aliphatic hydroxyl groups is 1. The van der Waals surface area contributed by atoms with Crippen molar-refractivity contribution >= 4 is 5.91 Å². The van der Waals surface area contributed by atoms with Crippen LogP contribution < -0.4 is 10.1 Å². The van der Waals surface area contributed by atoms with Gasteiger partial charge in [0.05, 0.1) is 12.7 Å². The molecule has 2 N–H and O–H groups in total. The molecule has 104 valence electrons. The van der Waals surface area contributed by atoms with Crippen LogP contribution in [0.15, 0.2) is 24.3 Å². The summed E-state index contributed by atoms with van der Waals surface area (Å²) < 4.78 is 5.05. The highest BCUT2D eigenvalue weighted by molar-refractivity contribution is 5.94. The minimum atomic E-state index is -0.722. The second kappa shape index (κ2) is 6.06. The zero-order valence-electron chi connectivity index (χ0n) is 11.3. The molecule has 1 aromatic carbocycles. The molecule has 1 amide bonds. The van der Waals surface area contributed by atoms with E-state index in [1.165, 1.54) is 6.42 Å². The van der Waals surface area contributed by atoms with Gasteiger partial charge in [0, 0.05) is 12.1 Å². The Morgan fingerprint density at radius 2 is 1.89 bits per heavy atom. The third kappa shape index (κ3) is 3.70. The van der Waals surface area contributed by atoms with E-state index in [9.17, 15) is 9.90 Å². The number of hydrogen-bond donors (Lipinski definition) is 2. The standard InChI is InChI=1S/C15H21NO3/c1-19-13-7-5-12(6-8-13)14(17)16-11-15(18)9-3-2-4-10-15/h5-8,18H,2-4,9-11H2,1H3,(H,16,17). The van der Waals surface area contributed by atoms with Crippen molar-refractivity contribution in [1.29, 1.82) is 0 Å². The highest BCUT2D eigenvalue weighted by atomic mass is 16.5. The fourth-order valence-corrected chi connectivity index (χ4v) is 2.48. The van der Waals surface area contributed by atoms with Gasteiger partial charge < -0.3 is 15.2 Å². The number of ether oxygens (including phenoxy) is 1. The number of nitrogens with one attached hydrogen (secondary N) is 1. The van der Waals surface area contributed by atoms with Gasteiger partial charge in [-0.2, -0.15) is 0 Å². The first kappa shape index (κ1) is 13.9. The molecule has 0 aliphatic heterocycles. The number of amides is 1. The van der Waals surface area contributed by atoms with Gasteiger partial charge in [-0.25, -0.2) is 0 Å². The Morgan fingerprint density at radius 1 is 1.26 bits per heavy atom. The molecule has 0 bridgehead atoms. The first-order chi connectivity index (χ1) is 9.13. The Morgan fingerprint density at radius 3 is 2.47 bits per heavy atom. The lowest BCUT2D eigenvalue weighted by Crippen LogP contribution is -2.44. The lowest BCUT2D eigenvalue weighted by atomic mass is 9.85. The molecule has 1 aliphatic rings. The average Bonchev–Trinajstić information content (AvgIpc) is 2.46. The number of carbonyl (C=O) groups excluding carboxylic acids is 1. The summed E-state index contributed by atoms with van der Waals surface area (Å²) in [7, 11) is 1.59. The van der Waals surface area contributed by atoms with Gasteiger partial charge in [-0.05, 0) is 37.1 Å². The van der Waals surface area contributed by atoms with Gasteiger partial charge in [-0.15, -0.1) is 0 Å². The molecule has 1 saturated carbocycles. The van der Waals surface area contributed by atoms with Crippen LogP contribution in [0.5, 0.6) is 5.75 Å². The van der Waals surface area contributed by atoms with Crippen LogP contribution in [0.4, 0.5) is 0 Å². The summed E-state index contributed by atoms with van der Waals surface area (Å²) in [5.41, 5.74) is -0.138. The molecule has 19 heavy (non-hydrogen) atoms. The number of methoxy groups -OCH3 is 1. The van der Waals surface area contributed by atoms with Gasteiger partial charge >= 0.3 is 0 Å². The molecule has 0 saturated heterocycles. The van der Waals surface area contributed by atoms with Gasteiger partial charge in [-0.3, -0.25) is 4.79 Å². The van der Waals surface area contributed by atoms with E-state index in [0.29, 0.717) is 12.1 Å². The molecule has 4 heteroatoms. The Labute approximate surface area is 113 Å². The molecule has 1 aliphatic carbocycles. The van der Waals surface area contributed by atoms with E-state index in [1.807, 2.05) is 0 Å². The van der Waals surface area contributed by atoms with Gasteiger partial charge in [-0.1, -0.05) is 19.3 Å². The Balaban J connectivity index is 1.89. The molecule has 1 fully saturated rings. The lowest BCUT2D eigenvalue weighted by molar-refractivity contribution is 0.00525. The van der Waals surface area contributed by atoms with Gasteiger partial charge in [0.25, 0.3) is 5.91 Å². The summed E-state index contributed by atoms with van der Waals surface area (Å²) in [6.45, 7) is 0.331. The van der Waals surface area contributed by atoms with E-state index in [1.54, 1.807) is 31.4 Å². The fraction of sp³-hybridized carbons (Fsp3) is 0.533. The SMILES string of the molecule is COc1ccc(C(=O)NCC2(O)CCCCC2)cc1. The smallest absolute Gasteiger partial charge is 0.251 e. The van der Waals surface area contributed by atoms with Crippen LogP contribution >= 0.6 is 0 Å². The molecule has 2 rings (SSSR count). The third-order valence-corrected chi connectivity index (χ3v) is 3.71. The zero-order chi connectivity index (χ0) is 13.7. The summed E-state index contributed by atoms with van der Waals surface area (Å²) >= 11 is 0. The summed E-state index contributed by atoms with van der Waals surface area (Å²) in [5, 5.41) is 13.1. The Kier molecular flexibility index (Phi) is 4.43. The average molecular weight is 263 g/mol. The van der Waals surface area contributed by atoms with Crippen LogP contribution in [-0.4, -0.2) is 30.3 Å². The Bertz CT molecular complexity index is 422. The highest BCUT2D eigenvalue weighted by Gasteiger charge is 2.29. The minimum absolute atomic E-state index is 0.151. The summed E-state index contributed by atoms with van der Waals surface area (Å²) in [6.07, 6.45) is 4.80. The summed E-state index contributed by atoms with van der Waals surface area (Å²) in [5.74, 6) is 0.573. The predicted molar refractivity (Wildman–Crippen MR) is 73.4 cm³/mol. The number of hydrogen-bond acceptors (Lipinski definition) is 3. The highest BCUT2D eigenvalue weighted by Crippen LogP contribution is 2.27. The second-order valence-electron chi connectivity index (χ2n) is 5.20. The molecule has 0 aromatic heterocycles. The molecule has 0 spiro atoms. The predicted octanol–water partition coefficient (Wildman–Crippen LogP) is 2.12. The summed E-state index contributed by atoms with van der Waals surface area (Å²) in [4.78, 5) is 12.0. The maximum Gasteiger partial charge on any atom is 0.251 e. The largest absolute Gasteiger partial charge is 0.497 e. The van der Waals surface area contributed by atoms with Crippen molar-refractivity contribution in [3.05, 3.63) is 29.8 Å². The van der Waals surface area contributed by atoms with Crippen molar-refractivity contribution in [3.63, 3.8) is 0 Å². The van der Waals surface area contributed by atoms with Crippen molar-refractivity contribution in [3.8, 4) is 5.75 Å². The molecular formula is C15H21NO3. The number of benzene rings is 1. The van der Waals surface area contributed by atoms with Crippen molar-refractivity contribution < 1.29 is 14.6 Å². The second-order valence-corrected chi connectivity index (χ2v) is 5.20. The quantitative estimate of drug-likeness (QED) is 0.874. The monoisotopic (exact) mass is 263 g/mol. The molecule has 0 radical (unpaired) electrons. The van der Waals surface area contributed by atoms with Gasteiger partial charge in [0.15, 0.2) is 0 Å².